The average molecular weight is 403 g/mol. The monoisotopic (exact) mass is 403 g/mol. The summed E-state index contributed by atoms with van der Waals surface area (Å²) in [4.78, 5) is 23.2. The fraction of sp³-hybridized carbons (Fsp3) is 0.500. The number of rotatable bonds is 10. The van der Waals surface area contributed by atoms with Crippen molar-refractivity contribution in [2.75, 3.05) is 20.3 Å². The zero-order valence-corrected chi connectivity index (χ0v) is 17.8. The van der Waals surface area contributed by atoms with Crippen LogP contribution in [0.15, 0.2) is 36.8 Å². The van der Waals surface area contributed by atoms with Crippen LogP contribution in [0.25, 0.3) is 0 Å². The molecule has 0 spiro atoms. The predicted molar refractivity (Wildman–Crippen MR) is 108 cm³/mol. The quantitative estimate of drug-likeness (QED) is 0.559. The number of carbonyl (C=O) groups is 1. The summed E-state index contributed by atoms with van der Waals surface area (Å²) in [5, 5.41) is 0. The van der Waals surface area contributed by atoms with Gasteiger partial charge in [0.05, 0.1) is 12.5 Å². The summed E-state index contributed by atoms with van der Waals surface area (Å²) in [6.07, 6.45) is 2.49. The van der Waals surface area contributed by atoms with E-state index in [0.29, 0.717) is 24.5 Å². The third kappa shape index (κ3) is 5.81. The summed E-state index contributed by atoms with van der Waals surface area (Å²) < 4.78 is 25.5. The molecular weight excluding hydrogens is 373 g/mol. The first-order valence-corrected chi connectivity index (χ1v) is 9.92. The second-order valence-electron chi connectivity index (χ2n) is 7.07. The predicted octanol–water partition coefficient (Wildman–Crippen LogP) is 4.09. The molecule has 1 aromatic carbocycles. The Morgan fingerprint density at radius 2 is 1.83 bits per heavy atom. The van der Waals surface area contributed by atoms with Gasteiger partial charge in [-0.15, -0.1) is 0 Å². The van der Waals surface area contributed by atoms with Crippen LogP contribution in [0.3, 0.4) is 0 Å². The maximum Gasteiger partial charge on any atom is 0.227 e. The van der Waals surface area contributed by atoms with Gasteiger partial charge in [-0.1, -0.05) is 32.0 Å². The van der Waals surface area contributed by atoms with E-state index >= 15 is 0 Å². The topological polar surface area (TPSA) is 64.6 Å². The lowest BCUT2D eigenvalue weighted by Crippen LogP contribution is -2.36. The maximum atomic E-state index is 14.0. The minimum absolute atomic E-state index is 0.0181. The van der Waals surface area contributed by atoms with Gasteiger partial charge in [0.2, 0.25) is 12.2 Å². The summed E-state index contributed by atoms with van der Waals surface area (Å²) >= 11 is 0. The Hall–Kier alpha value is -2.38. The zero-order valence-electron chi connectivity index (χ0n) is 17.8. The molecule has 0 bridgehead atoms. The van der Waals surface area contributed by atoms with Gasteiger partial charge in [0.1, 0.15) is 17.8 Å². The lowest BCUT2D eigenvalue weighted by Gasteiger charge is -2.33. The number of aromatic nitrogens is 2. The number of likely N-dealkylation sites (N-methyl/N-ethyl adjacent to an activating group) is 1. The highest BCUT2D eigenvalue weighted by Gasteiger charge is 2.30. The molecule has 0 saturated carbocycles. The summed E-state index contributed by atoms with van der Waals surface area (Å²) in [7, 11) is 1.72. The van der Waals surface area contributed by atoms with Gasteiger partial charge in [0.25, 0.3) is 0 Å². The Labute approximate surface area is 172 Å². The van der Waals surface area contributed by atoms with Gasteiger partial charge in [-0.2, -0.15) is 0 Å². The van der Waals surface area contributed by atoms with E-state index in [-0.39, 0.29) is 30.1 Å². The first-order chi connectivity index (χ1) is 13.9. The molecule has 0 aliphatic carbocycles. The summed E-state index contributed by atoms with van der Waals surface area (Å²) in [6.45, 7) is 8.73. The van der Waals surface area contributed by atoms with E-state index < -0.39 is 6.29 Å². The number of hydrogen-bond donors (Lipinski definition) is 0. The van der Waals surface area contributed by atoms with Crippen molar-refractivity contribution >= 4 is 5.91 Å². The smallest absolute Gasteiger partial charge is 0.227 e. The standard InChI is InChI=1S/C22H30FN3O3/c1-6-28-22(29-7-2)20-17(13-24-14-25-20)21(15(3)4)26(5)19(27)12-16-10-8-9-11-18(16)23/h8-11,13-15,21-22H,6-7,12H2,1-5H3. The Morgan fingerprint density at radius 1 is 1.17 bits per heavy atom. The molecular formula is C22H30FN3O3. The van der Waals surface area contributed by atoms with E-state index in [1.54, 1.807) is 36.3 Å². The number of ether oxygens (including phenoxy) is 2. The number of hydrogen-bond acceptors (Lipinski definition) is 5. The first-order valence-electron chi connectivity index (χ1n) is 9.92. The molecule has 2 rings (SSSR count). The van der Waals surface area contributed by atoms with E-state index in [4.69, 9.17) is 9.47 Å². The molecule has 1 amide bonds. The molecule has 29 heavy (non-hydrogen) atoms. The van der Waals surface area contributed by atoms with Crippen LogP contribution in [0.1, 0.15) is 56.8 Å². The molecule has 0 radical (unpaired) electrons. The van der Waals surface area contributed by atoms with Crippen molar-refractivity contribution in [1.82, 2.24) is 14.9 Å². The lowest BCUT2D eigenvalue weighted by atomic mass is 9.93. The SMILES string of the molecule is CCOC(OCC)c1ncncc1C(C(C)C)N(C)C(=O)Cc1ccccc1F. The Kier molecular flexibility index (Phi) is 8.67. The molecule has 1 unspecified atom stereocenters. The third-order valence-electron chi connectivity index (χ3n) is 4.69. The number of carbonyl (C=O) groups excluding carboxylic acids is 1. The highest BCUT2D eigenvalue weighted by Crippen LogP contribution is 2.33. The van der Waals surface area contributed by atoms with Crippen LogP contribution >= 0.6 is 0 Å². The van der Waals surface area contributed by atoms with Gasteiger partial charge in [-0.3, -0.25) is 4.79 Å². The van der Waals surface area contributed by atoms with Gasteiger partial charge in [-0.05, 0) is 31.4 Å². The molecule has 0 aliphatic heterocycles. The molecule has 158 valence electrons. The van der Waals surface area contributed by atoms with Crippen LogP contribution in [-0.2, 0) is 20.7 Å². The van der Waals surface area contributed by atoms with Crippen LogP contribution < -0.4 is 0 Å². The number of halogens is 1. The fourth-order valence-electron chi connectivity index (χ4n) is 3.38. The minimum Gasteiger partial charge on any atom is -0.347 e. The van der Waals surface area contributed by atoms with Crippen molar-refractivity contribution in [3.05, 3.63) is 59.4 Å². The molecule has 2 aromatic rings. The number of nitrogens with zero attached hydrogens (tertiary/aromatic N) is 3. The first kappa shape index (κ1) is 22.9. The van der Waals surface area contributed by atoms with Gasteiger partial charge >= 0.3 is 0 Å². The van der Waals surface area contributed by atoms with Crippen molar-refractivity contribution in [1.29, 1.82) is 0 Å². The molecule has 0 fully saturated rings. The van der Waals surface area contributed by atoms with Crippen LogP contribution in [-0.4, -0.2) is 41.0 Å². The van der Waals surface area contributed by atoms with E-state index in [9.17, 15) is 9.18 Å². The van der Waals surface area contributed by atoms with Crippen LogP contribution in [0.2, 0.25) is 0 Å². The third-order valence-corrected chi connectivity index (χ3v) is 4.69. The second kappa shape index (κ2) is 11.0. The molecule has 0 saturated heterocycles. The summed E-state index contributed by atoms with van der Waals surface area (Å²) in [5.74, 6) is -0.502. The highest BCUT2D eigenvalue weighted by atomic mass is 19.1. The van der Waals surface area contributed by atoms with E-state index in [2.05, 4.69) is 9.97 Å². The van der Waals surface area contributed by atoms with E-state index in [1.807, 2.05) is 27.7 Å². The Bertz CT molecular complexity index is 794. The number of benzene rings is 1. The zero-order chi connectivity index (χ0) is 21.4. The van der Waals surface area contributed by atoms with Crippen LogP contribution in [0, 0.1) is 11.7 Å². The highest BCUT2D eigenvalue weighted by molar-refractivity contribution is 5.79. The van der Waals surface area contributed by atoms with Crippen molar-refractivity contribution in [2.45, 2.75) is 46.4 Å². The van der Waals surface area contributed by atoms with E-state index in [1.165, 1.54) is 12.4 Å². The van der Waals surface area contributed by atoms with Gasteiger partial charge < -0.3 is 14.4 Å². The molecule has 7 heteroatoms. The molecule has 1 heterocycles. The minimum atomic E-state index is -0.640. The fourth-order valence-corrected chi connectivity index (χ4v) is 3.38. The van der Waals surface area contributed by atoms with Crippen molar-refractivity contribution < 1.29 is 18.7 Å². The van der Waals surface area contributed by atoms with Crippen molar-refractivity contribution in [3.63, 3.8) is 0 Å². The summed E-state index contributed by atoms with van der Waals surface area (Å²) in [5.41, 5.74) is 1.74. The summed E-state index contributed by atoms with van der Waals surface area (Å²) in [6, 6.07) is 6.01. The Morgan fingerprint density at radius 3 is 2.41 bits per heavy atom. The van der Waals surface area contributed by atoms with Gasteiger partial charge in [0.15, 0.2) is 0 Å². The molecule has 1 aromatic heterocycles. The largest absolute Gasteiger partial charge is 0.347 e. The van der Waals surface area contributed by atoms with Gasteiger partial charge in [0, 0.05) is 32.0 Å². The molecule has 0 aliphatic rings. The average Bonchev–Trinajstić information content (AvgIpc) is 2.70. The molecule has 1 atom stereocenters. The van der Waals surface area contributed by atoms with Crippen LogP contribution in [0.5, 0.6) is 0 Å². The van der Waals surface area contributed by atoms with Crippen LogP contribution in [0.4, 0.5) is 4.39 Å². The normalized spacial score (nSPS) is 12.4. The van der Waals surface area contributed by atoms with Gasteiger partial charge in [-0.25, -0.2) is 14.4 Å². The van der Waals surface area contributed by atoms with E-state index in [0.717, 1.165) is 5.56 Å². The Balaban J connectivity index is 2.36. The number of amides is 1. The molecule has 0 N–H and O–H groups in total. The second-order valence-corrected chi connectivity index (χ2v) is 7.07. The molecule has 6 nitrogen and oxygen atoms in total. The van der Waals surface area contributed by atoms with Crippen molar-refractivity contribution in [3.8, 4) is 0 Å². The lowest BCUT2D eigenvalue weighted by molar-refractivity contribution is -0.144. The van der Waals surface area contributed by atoms with Crippen molar-refractivity contribution in [2.24, 2.45) is 5.92 Å². The maximum absolute atomic E-state index is 14.0.